The first-order chi connectivity index (χ1) is 14.6. The van der Waals surface area contributed by atoms with E-state index in [0.29, 0.717) is 22.7 Å². The van der Waals surface area contributed by atoms with Crippen molar-refractivity contribution >= 4 is 28.8 Å². The van der Waals surface area contributed by atoms with Crippen molar-refractivity contribution in [2.24, 2.45) is 0 Å². The molecular formula is C22H18N4O4. The Balaban J connectivity index is 1.46. The highest BCUT2D eigenvalue weighted by atomic mass is 16.4. The average molecular weight is 402 g/mol. The van der Waals surface area contributed by atoms with Crippen LogP contribution in [0.25, 0.3) is 22.6 Å². The van der Waals surface area contributed by atoms with E-state index in [9.17, 15) is 14.7 Å². The van der Waals surface area contributed by atoms with Crippen molar-refractivity contribution in [3.63, 3.8) is 0 Å². The Kier molecular flexibility index (Phi) is 5.38. The van der Waals surface area contributed by atoms with E-state index < -0.39 is 18.0 Å². The fourth-order valence-electron chi connectivity index (χ4n) is 3.00. The minimum absolute atomic E-state index is 0.182. The maximum atomic E-state index is 12.3. The van der Waals surface area contributed by atoms with Crippen LogP contribution in [0.5, 0.6) is 0 Å². The lowest BCUT2D eigenvalue weighted by molar-refractivity contribution is -0.139. The van der Waals surface area contributed by atoms with Crippen molar-refractivity contribution in [1.82, 2.24) is 15.3 Å². The molecule has 3 N–H and O–H groups in total. The van der Waals surface area contributed by atoms with Gasteiger partial charge in [-0.1, -0.05) is 30.3 Å². The second-order valence-electron chi connectivity index (χ2n) is 6.62. The van der Waals surface area contributed by atoms with E-state index in [1.54, 1.807) is 42.7 Å². The molecule has 8 nitrogen and oxygen atoms in total. The average Bonchev–Trinajstić information content (AvgIpc) is 3.18. The van der Waals surface area contributed by atoms with Gasteiger partial charge in [-0.2, -0.15) is 0 Å². The van der Waals surface area contributed by atoms with Gasteiger partial charge in [0.1, 0.15) is 11.6 Å². The molecule has 30 heavy (non-hydrogen) atoms. The van der Waals surface area contributed by atoms with Crippen LogP contribution >= 0.6 is 0 Å². The summed E-state index contributed by atoms with van der Waals surface area (Å²) in [5.74, 6) is -0.661. The second kappa shape index (κ2) is 8.44. The van der Waals surface area contributed by atoms with E-state index in [4.69, 9.17) is 4.42 Å². The molecule has 0 bridgehead atoms. The number of anilines is 1. The molecule has 0 saturated carbocycles. The van der Waals surface area contributed by atoms with Gasteiger partial charge in [0.15, 0.2) is 5.58 Å². The van der Waals surface area contributed by atoms with Crippen molar-refractivity contribution in [2.45, 2.75) is 12.5 Å². The number of oxazole rings is 1. The zero-order chi connectivity index (χ0) is 20.9. The number of amides is 2. The van der Waals surface area contributed by atoms with Gasteiger partial charge in [-0.05, 0) is 35.9 Å². The number of carboxylic acid groups (broad SMARTS) is 1. The fraction of sp³-hybridized carbons (Fsp3) is 0.0909. The highest BCUT2D eigenvalue weighted by Gasteiger charge is 2.20. The molecule has 2 aromatic carbocycles. The number of carbonyl (C=O) groups is 2. The zero-order valence-corrected chi connectivity index (χ0v) is 15.8. The Hall–Kier alpha value is -4.20. The van der Waals surface area contributed by atoms with Gasteiger partial charge in [-0.3, -0.25) is 4.98 Å². The second-order valence-corrected chi connectivity index (χ2v) is 6.62. The third-order valence-electron chi connectivity index (χ3n) is 4.46. The summed E-state index contributed by atoms with van der Waals surface area (Å²) in [7, 11) is 0. The minimum Gasteiger partial charge on any atom is -0.480 e. The van der Waals surface area contributed by atoms with Crippen LogP contribution in [0, 0.1) is 0 Å². The maximum absolute atomic E-state index is 12.3. The molecule has 4 aromatic rings. The molecule has 0 aliphatic heterocycles. The number of hydrogen-bond donors (Lipinski definition) is 3. The van der Waals surface area contributed by atoms with Crippen LogP contribution in [-0.4, -0.2) is 33.1 Å². The molecule has 1 atom stereocenters. The van der Waals surface area contributed by atoms with Gasteiger partial charge in [0, 0.05) is 30.1 Å². The molecule has 2 heterocycles. The van der Waals surface area contributed by atoms with E-state index >= 15 is 0 Å². The highest BCUT2D eigenvalue weighted by molar-refractivity contribution is 5.94. The quantitative estimate of drug-likeness (QED) is 0.453. The number of rotatable bonds is 6. The van der Waals surface area contributed by atoms with E-state index in [1.807, 2.05) is 30.3 Å². The molecule has 0 fully saturated rings. The molecule has 2 aromatic heterocycles. The maximum Gasteiger partial charge on any atom is 0.326 e. The van der Waals surface area contributed by atoms with E-state index in [1.165, 1.54) is 0 Å². The number of fused-ring (bicyclic) bond motifs is 1. The predicted molar refractivity (Wildman–Crippen MR) is 111 cm³/mol. The van der Waals surface area contributed by atoms with E-state index in [2.05, 4.69) is 20.6 Å². The molecule has 1 unspecified atom stereocenters. The molecule has 0 radical (unpaired) electrons. The lowest BCUT2D eigenvalue weighted by Gasteiger charge is -2.15. The smallest absolute Gasteiger partial charge is 0.326 e. The Bertz CT molecular complexity index is 1180. The fourth-order valence-corrected chi connectivity index (χ4v) is 3.00. The van der Waals surface area contributed by atoms with Crippen molar-refractivity contribution in [2.75, 3.05) is 5.32 Å². The number of hydrogen-bond acceptors (Lipinski definition) is 5. The van der Waals surface area contributed by atoms with Crippen molar-refractivity contribution < 1.29 is 19.1 Å². The standard InChI is InChI=1S/C22H18N4O4/c27-21(28)18(12-14-4-2-1-3-5-14)26-22(29)24-16-6-7-19-17(13-16)25-20(30-19)15-8-10-23-11-9-15/h1-11,13,18H,12H2,(H,27,28)(H2,24,26,29). The molecule has 0 spiro atoms. The molecular weight excluding hydrogens is 384 g/mol. The van der Waals surface area contributed by atoms with Crippen LogP contribution in [0.15, 0.2) is 77.5 Å². The molecule has 150 valence electrons. The largest absolute Gasteiger partial charge is 0.480 e. The SMILES string of the molecule is O=C(Nc1ccc2oc(-c3ccncc3)nc2c1)NC(Cc1ccccc1)C(=O)O. The number of benzene rings is 2. The molecule has 0 saturated heterocycles. The van der Waals surface area contributed by atoms with Gasteiger partial charge in [0.05, 0.1) is 0 Å². The number of pyridine rings is 1. The van der Waals surface area contributed by atoms with Gasteiger partial charge < -0.3 is 20.2 Å². The van der Waals surface area contributed by atoms with Crippen molar-refractivity contribution in [1.29, 1.82) is 0 Å². The number of nitrogens with zero attached hydrogens (tertiary/aromatic N) is 2. The van der Waals surface area contributed by atoms with Gasteiger partial charge in [-0.25, -0.2) is 14.6 Å². The number of carbonyl (C=O) groups excluding carboxylic acids is 1. The lowest BCUT2D eigenvalue weighted by atomic mass is 10.1. The number of aromatic nitrogens is 2. The highest BCUT2D eigenvalue weighted by Crippen LogP contribution is 2.25. The van der Waals surface area contributed by atoms with Gasteiger partial charge in [-0.15, -0.1) is 0 Å². The zero-order valence-electron chi connectivity index (χ0n) is 15.8. The number of carboxylic acids is 1. The third kappa shape index (κ3) is 4.44. The predicted octanol–water partition coefficient (Wildman–Crippen LogP) is 3.71. The minimum atomic E-state index is -1.11. The summed E-state index contributed by atoms with van der Waals surface area (Å²) in [6.45, 7) is 0. The van der Waals surface area contributed by atoms with E-state index in [-0.39, 0.29) is 6.42 Å². The first-order valence-electron chi connectivity index (χ1n) is 9.24. The summed E-state index contributed by atoms with van der Waals surface area (Å²) < 4.78 is 5.73. The summed E-state index contributed by atoms with van der Waals surface area (Å²) in [5.41, 5.74) is 3.22. The Labute approximate surface area is 171 Å². The molecule has 0 aliphatic carbocycles. The van der Waals surface area contributed by atoms with Gasteiger partial charge >= 0.3 is 12.0 Å². The van der Waals surface area contributed by atoms with Crippen molar-refractivity contribution in [3.05, 3.63) is 78.6 Å². The Morgan fingerprint density at radius 3 is 2.53 bits per heavy atom. The van der Waals surface area contributed by atoms with Crippen LogP contribution in [0.4, 0.5) is 10.5 Å². The number of nitrogens with one attached hydrogen (secondary N) is 2. The van der Waals surface area contributed by atoms with Crippen LogP contribution < -0.4 is 10.6 Å². The summed E-state index contributed by atoms with van der Waals surface area (Å²) in [6.07, 6.45) is 3.48. The topological polar surface area (TPSA) is 117 Å². The third-order valence-corrected chi connectivity index (χ3v) is 4.46. The monoisotopic (exact) mass is 402 g/mol. The summed E-state index contributed by atoms with van der Waals surface area (Å²) >= 11 is 0. The van der Waals surface area contributed by atoms with Crippen LogP contribution in [-0.2, 0) is 11.2 Å². The van der Waals surface area contributed by atoms with Gasteiger partial charge in [0.2, 0.25) is 5.89 Å². The number of urea groups is 1. The van der Waals surface area contributed by atoms with E-state index in [0.717, 1.165) is 11.1 Å². The first kappa shape index (κ1) is 19.1. The van der Waals surface area contributed by atoms with Crippen LogP contribution in [0.3, 0.4) is 0 Å². The van der Waals surface area contributed by atoms with Crippen LogP contribution in [0.1, 0.15) is 5.56 Å². The van der Waals surface area contributed by atoms with Crippen LogP contribution in [0.2, 0.25) is 0 Å². The summed E-state index contributed by atoms with van der Waals surface area (Å²) in [4.78, 5) is 32.3. The summed E-state index contributed by atoms with van der Waals surface area (Å²) in [6, 6.07) is 16.0. The Morgan fingerprint density at radius 1 is 1.03 bits per heavy atom. The van der Waals surface area contributed by atoms with Crippen molar-refractivity contribution in [3.8, 4) is 11.5 Å². The molecule has 4 rings (SSSR count). The molecule has 0 aliphatic rings. The molecule has 2 amide bonds. The Morgan fingerprint density at radius 2 is 1.80 bits per heavy atom. The lowest BCUT2D eigenvalue weighted by Crippen LogP contribution is -2.44. The summed E-state index contributed by atoms with van der Waals surface area (Å²) in [5, 5.41) is 14.6. The van der Waals surface area contributed by atoms with Gasteiger partial charge in [0.25, 0.3) is 0 Å². The first-order valence-corrected chi connectivity index (χ1v) is 9.24. The molecule has 8 heteroatoms. The number of aliphatic carboxylic acids is 1. The normalized spacial score (nSPS) is 11.7.